The molecule has 32 heavy (non-hydrogen) atoms. The molecular formula is C22H22N6O3S. The standard InChI is InChI=1S/C22H22N6O3S/c1-13-16(3-2-8-28(13)21(30)18-10-26-22(24)31-18)20(29)25-11-19-27-17(12-32-19)15-6-4-14(9-23)5-7-15/h4-7,10,12-13,16H,2-3,8,11H2,1H3,(H2,24,26)(H,25,29)/t13-,16+/m1/s1. The summed E-state index contributed by atoms with van der Waals surface area (Å²) >= 11 is 1.46. The number of amides is 2. The molecule has 1 aromatic carbocycles. The van der Waals surface area contributed by atoms with Crippen LogP contribution in [0.3, 0.4) is 0 Å². The Morgan fingerprint density at radius 3 is 2.84 bits per heavy atom. The molecule has 2 atom stereocenters. The van der Waals surface area contributed by atoms with Gasteiger partial charge in [0.05, 0.1) is 36.0 Å². The lowest BCUT2D eigenvalue weighted by Gasteiger charge is -2.38. The molecule has 3 aromatic rings. The second-order valence-corrected chi connectivity index (χ2v) is 8.53. The van der Waals surface area contributed by atoms with Crippen molar-refractivity contribution in [1.82, 2.24) is 20.2 Å². The number of hydrogen-bond acceptors (Lipinski definition) is 8. The molecule has 2 amide bonds. The van der Waals surface area contributed by atoms with Crippen LogP contribution < -0.4 is 11.1 Å². The molecule has 3 N–H and O–H groups in total. The Balaban J connectivity index is 1.37. The van der Waals surface area contributed by atoms with Crippen molar-refractivity contribution in [3.63, 3.8) is 0 Å². The summed E-state index contributed by atoms with van der Waals surface area (Å²) in [5, 5.41) is 14.6. The van der Waals surface area contributed by atoms with E-state index in [1.165, 1.54) is 17.5 Å². The van der Waals surface area contributed by atoms with Gasteiger partial charge in [-0.1, -0.05) is 12.1 Å². The predicted octanol–water partition coefficient (Wildman–Crippen LogP) is 2.81. The average molecular weight is 451 g/mol. The number of benzene rings is 1. The number of piperidine rings is 1. The van der Waals surface area contributed by atoms with Crippen LogP contribution in [0.15, 0.2) is 40.3 Å². The smallest absolute Gasteiger partial charge is 0.292 e. The van der Waals surface area contributed by atoms with Crippen LogP contribution in [0.5, 0.6) is 0 Å². The van der Waals surface area contributed by atoms with Crippen LogP contribution in [0.4, 0.5) is 6.01 Å². The predicted molar refractivity (Wildman–Crippen MR) is 118 cm³/mol. The number of nitrogen functional groups attached to an aromatic ring is 1. The fourth-order valence-corrected chi connectivity index (χ4v) is 4.59. The molecule has 1 aliphatic rings. The number of nitriles is 1. The first-order valence-corrected chi connectivity index (χ1v) is 11.1. The molecule has 9 nitrogen and oxygen atoms in total. The highest BCUT2D eigenvalue weighted by Gasteiger charge is 2.36. The van der Waals surface area contributed by atoms with Crippen molar-refractivity contribution < 1.29 is 14.0 Å². The third kappa shape index (κ3) is 4.48. The van der Waals surface area contributed by atoms with Crippen LogP contribution in [0.2, 0.25) is 0 Å². The van der Waals surface area contributed by atoms with Crippen molar-refractivity contribution >= 4 is 29.2 Å². The molecule has 3 heterocycles. The maximum atomic E-state index is 12.9. The molecule has 0 unspecified atom stereocenters. The number of hydrogen-bond donors (Lipinski definition) is 2. The number of likely N-dealkylation sites (tertiary alicyclic amines) is 1. The topological polar surface area (TPSA) is 138 Å². The molecule has 164 valence electrons. The Bertz CT molecular complexity index is 1160. The summed E-state index contributed by atoms with van der Waals surface area (Å²) < 4.78 is 5.15. The van der Waals surface area contributed by atoms with Crippen LogP contribution in [-0.2, 0) is 11.3 Å². The average Bonchev–Trinajstić information content (AvgIpc) is 3.46. The van der Waals surface area contributed by atoms with Crippen molar-refractivity contribution in [1.29, 1.82) is 5.26 Å². The van der Waals surface area contributed by atoms with Crippen molar-refractivity contribution in [3.8, 4) is 17.3 Å². The molecule has 1 saturated heterocycles. The summed E-state index contributed by atoms with van der Waals surface area (Å²) in [5.74, 6) is -0.673. The van der Waals surface area contributed by atoms with Gasteiger partial charge in [0.1, 0.15) is 5.01 Å². The lowest BCUT2D eigenvalue weighted by molar-refractivity contribution is -0.128. The molecule has 2 aromatic heterocycles. The van der Waals surface area contributed by atoms with Gasteiger partial charge >= 0.3 is 0 Å². The van der Waals surface area contributed by atoms with Crippen LogP contribution in [0.25, 0.3) is 11.3 Å². The number of carbonyl (C=O) groups excluding carboxylic acids is 2. The third-order valence-corrected chi connectivity index (χ3v) is 6.44. The summed E-state index contributed by atoms with van der Waals surface area (Å²) in [7, 11) is 0. The maximum absolute atomic E-state index is 12.9. The van der Waals surface area contributed by atoms with E-state index in [9.17, 15) is 9.59 Å². The van der Waals surface area contributed by atoms with E-state index in [1.807, 2.05) is 24.4 Å². The van der Waals surface area contributed by atoms with E-state index in [1.54, 1.807) is 17.0 Å². The van der Waals surface area contributed by atoms with Gasteiger partial charge in [0, 0.05) is 23.5 Å². The van der Waals surface area contributed by atoms with E-state index in [0.29, 0.717) is 25.1 Å². The fourth-order valence-electron chi connectivity index (χ4n) is 3.84. The summed E-state index contributed by atoms with van der Waals surface area (Å²) in [5.41, 5.74) is 7.79. The number of aromatic nitrogens is 2. The Kier molecular flexibility index (Phi) is 6.18. The van der Waals surface area contributed by atoms with E-state index in [2.05, 4.69) is 21.4 Å². The van der Waals surface area contributed by atoms with Crippen molar-refractivity contribution in [2.24, 2.45) is 5.92 Å². The minimum atomic E-state index is -0.328. The summed E-state index contributed by atoms with van der Waals surface area (Å²) in [6, 6.07) is 8.96. The largest absolute Gasteiger partial charge is 0.418 e. The monoisotopic (exact) mass is 450 g/mol. The van der Waals surface area contributed by atoms with Gasteiger partial charge in [0.15, 0.2) is 0 Å². The van der Waals surface area contributed by atoms with Gasteiger partial charge in [-0.25, -0.2) is 9.97 Å². The first-order chi connectivity index (χ1) is 15.5. The molecule has 0 radical (unpaired) electrons. The summed E-state index contributed by atoms with van der Waals surface area (Å²) in [4.78, 5) is 35.6. The SMILES string of the molecule is C[C@@H]1[C@@H](C(=O)NCc2nc(-c3ccc(C#N)cc3)cs2)CCCN1C(=O)c1cnc(N)o1. The number of thiazole rings is 1. The first-order valence-electron chi connectivity index (χ1n) is 10.2. The molecule has 0 spiro atoms. The van der Waals surface area contributed by atoms with Gasteiger partial charge in [-0.05, 0) is 31.9 Å². The Morgan fingerprint density at radius 2 is 2.16 bits per heavy atom. The molecular weight excluding hydrogens is 428 g/mol. The Labute approximate surface area is 188 Å². The highest BCUT2D eigenvalue weighted by molar-refractivity contribution is 7.09. The van der Waals surface area contributed by atoms with Crippen LogP contribution >= 0.6 is 11.3 Å². The van der Waals surface area contributed by atoms with Crippen LogP contribution in [0, 0.1) is 17.2 Å². The van der Waals surface area contributed by atoms with E-state index >= 15 is 0 Å². The highest BCUT2D eigenvalue weighted by atomic mass is 32.1. The van der Waals surface area contributed by atoms with Gasteiger partial charge in [-0.3, -0.25) is 9.59 Å². The second-order valence-electron chi connectivity index (χ2n) is 7.58. The molecule has 0 saturated carbocycles. The van der Waals surface area contributed by atoms with E-state index in [0.717, 1.165) is 22.7 Å². The van der Waals surface area contributed by atoms with Crippen molar-refractivity contribution in [3.05, 3.63) is 52.2 Å². The zero-order chi connectivity index (χ0) is 22.7. The third-order valence-electron chi connectivity index (χ3n) is 5.60. The number of rotatable bonds is 5. The molecule has 1 fully saturated rings. The number of nitrogens with zero attached hydrogens (tertiary/aromatic N) is 4. The zero-order valence-corrected chi connectivity index (χ0v) is 18.3. The van der Waals surface area contributed by atoms with E-state index in [-0.39, 0.29) is 35.5 Å². The highest BCUT2D eigenvalue weighted by Crippen LogP contribution is 2.26. The molecule has 0 aliphatic carbocycles. The lowest BCUT2D eigenvalue weighted by atomic mass is 9.89. The van der Waals surface area contributed by atoms with Crippen molar-refractivity contribution in [2.75, 3.05) is 12.3 Å². The summed E-state index contributed by atoms with van der Waals surface area (Å²) in [6.45, 7) is 2.73. The van der Waals surface area contributed by atoms with Crippen molar-refractivity contribution in [2.45, 2.75) is 32.4 Å². The summed E-state index contributed by atoms with van der Waals surface area (Å²) in [6.07, 6.45) is 2.73. The van der Waals surface area contributed by atoms with Gasteiger partial charge < -0.3 is 20.4 Å². The quantitative estimate of drug-likeness (QED) is 0.609. The minimum Gasteiger partial charge on any atom is -0.418 e. The number of carbonyl (C=O) groups is 2. The van der Waals surface area contributed by atoms with E-state index < -0.39 is 0 Å². The molecule has 1 aliphatic heterocycles. The minimum absolute atomic E-state index is 0.0591. The lowest BCUT2D eigenvalue weighted by Crippen LogP contribution is -2.51. The molecule has 4 rings (SSSR count). The molecule has 0 bridgehead atoms. The maximum Gasteiger partial charge on any atom is 0.292 e. The van der Waals surface area contributed by atoms with Gasteiger partial charge in [0.2, 0.25) is 11.7 Å². The fraction of sp³-hybridized carbons (Fsp3) is 0.318. The van der Waals surface area contributed by atoms with Crippen LogP contribution in [0.1, 0.15) is 40.9 Å². The van der Waals surface area contributed by atoms with Gasteiger partial charge in [-0.15, -0.1) is 11.3 Å². The van der Waals surface area contributed by atoms with Gasteiger partial charge in [0.25, 0.3) is 11.9 Å². The Hall–Kier alpha value is -3.71. The number of nitrogens with two attached hydrogens (primary N) is 1. The number of oxazole rings is 1. The van der Waals surface area contributed by atoms with Gasteiger partial charge in [-0.2, -0.15) is 5.26 Å². The number of nitrogens with one attached hydrogen (secondary N) is 1. The van der Waals surface area contributed by atoms with E-state index in [4.69, 9.17) is 15.4 Å². The molecule has 10 heteroatoms. The first kappa shape index (κ1) is 21.5. The number of anilines is 1. The zero-order valence-electron chi connectivity index (χ0n) is 17.4. The Morgan fingerprint density at radius 1 is 1.38 bits per heavy atom. The normalized spacial score (nSPS) is 18.2. The second kappa shape index (κ2) is 9.20. The van der Waals surface area contributed by atoms with Crippen LogP contribution in [-0.4, -0.2) is 39.3 Å².